The van der Waals surface area contributed by atoms with Crippen molar-refractivity contribution in [3.05, 3.63) is 107 Å². The Labute approximate surface area is 171 Å². The van der Waals surface area contributed by atoms with Crippen LogP contribution in [0.3, 0.4) is 0 Å². The van der Waals surface area contributed by atoms with Gasteiger partial charge in [0.1, 0.15) is 12.4 Å². The Balaban J connectivity index is 1.52. The number of benzene rings is 3. The van der Waals surface area contributed by atoms with Gasteiger partial charge in [0.15, 0.2) is 0 Å². The predicted molar refractivity (Wildman–Crippen MR) is 116 cm³/mol. The second-order valence-electron chi connectivity index (χ2n) is 6.67. The lowest BCUT2D eigenvalue weighted by Gasteiger charge is -2.24. The fourth-order valence-electron chi connectivity index (χ4n) is 3.47. The molecule has 0 saturated carbocycles. The highest BCUT2D eigenvalue weighted by Gasteiger charge is 2.23. The third-order valence-electron chi connectivity index (χ3n) is 4.92. The van der Waals surface area contributed by atoms with Crippen LogP contribution >= 0.6 is 15.9 Å². The average molecular weight is 429 g/mol. The van der Waals surface area contributed by atoms with E-state index < -0.39 is 0 Å². The van der Waals surface area contributed by atoms with Crippen LogP contribution in [0.1, 0.15) is 17.2 Å². The number of hydrogen-bond donors (Lipinski definition) is 1. The maximum absolute atomic E-state index is 4.41. The van der Waals surface area contributed by atoms with E-state index in [0.717, 1.165) is 27.2 Å². The minimum atomic E-state index is -0.00403. The zero-order valence-electron chi connectivity index (χ0n) is 15.0. The molecule has 4 nitrogen and oxygen atoms in total. The second-order valence-corrected chi connectivity index (χ2v) is 7.59. The van der Waals surface area contributed by atoms with E-state index in [9.17, 15) is 0 Å². The lowest BCUT2D eigenvalue weighted by Crippen LogP contribution is -2.20. The molecule has 0 spiro atoms. The summed E-state index contributed by atoms with van der Waals surface area (Å²) in [5, 5.41) is 7.81. The summed E-state index contributed by atoms with van der Waals surface area (Å²) in [4.78, 5) is 4.38. The molecule has 4 aromatic rings. The van der Waals surface area contributed by atoms with Crippen molar-refractivity contribution in [1.29, 1.82) is 0 Å². The van der Waals surface area contributed by atoms with E-state index in [1.807, 2.05) is 10.7 Å². The van der Waals surface area contributed by atoms with Gasteiger partial charge in [-0.05, 0) is 40.5 Å². The summed E-state index contributed by atoms with van der Waals surface area (Å²) in [6.45, 7) is 0. The molecule has 2 heterocycles. The van der Waals surface area contributed by atoms with E-state index in [0.29, 0.717) is 0 Å². The van der Waals surface area contributed by atoms with Gasteiger partial charge in [-0.2, -0.15) is 10.1 Å². The number of anilines is 1. The van der Waals surface area contributed by atoms with Crippen LogP contribution in [0.15, 0.2) is 95.7 Å². The highest BCUT2D eigenvalue weighted by molar-refractivity contribution is 9.10. The Kier molecular flexibility index (Phi) is 4.29. The van der Waals surface area contributed by atoms with E-state index in [1.165, 1.54) is 11.1 Å². The number of rotatable bonds is 3. The van der Waals surface area contributed by atoms with Gasteiger partial charge in [-0.3, -0.25) is 0 Å². The quantitative estimate of drug-likeness (QED) is 0.450. The monoisotopic (exact) mass is 428 g/mol. The molecule has 0 fully saturated rings. The molecule has 5 rings (SSSR count). The topological polar surface area (TPSA) is 42.7 Å². The van der Waals surface area contributed by atoms with E-state index in [-0.39, 0.29) is 6.04 Å². The summed E-state index contributed by atoms with van der Waals surface area (Å²) in [5.74, 6) is 0.748. The SMILES string of the molecule is Brc1ccc([C@H]2C=C(c3ccc(-c4ccccc4)cc3)Nc3ncnn32)cc1. The Hall–Kier alpha value is -3.18. The molecule has 1 atom stereocenters. The summed E-state index contributed by atoms with van der Waals surface area (Å²) in [5.41, 5.74) is 5.74. The molecular formula is C23H17BrN4. The molecule has 0 amide bonds. The number of hydrogen-bond acceptors (Lipinski definition) is 3. The molecule has 28 heavy (non-hydrogen) atoms. The predicted octanol–water partition coefficient (Wildman–Crippen LogP) is 5.76. The minimum absolute atomic E-state index is 0.00403. The first-order valence-corrected chi connectivity index (χ1v) is 9.87. The Morgan fingerprint density at radius 3 is 2.21 bits per heavy atom. The van der Waals surface area contributed by atoms with Crippen LogP contribution in [0, 0.1) is 0 Å². The Morgan fingerprint density at radius 2 is 1.46 bits per heavy atom. The molecule has 1 aliphatic rings. The molecule has 1 N–H and O–H groups in total. The van der Waals surface area contributed by atoms with Gasteiger partial charge in [-0.15, -0.1) is 0 Å². The van der Waals surface area contributed by atoms with Crippen molar-refractivity contribution in [2.45, 2.75) is 6.04 Å². The van der Waals surface area contributed by atoms with Crippen LogP contribution in [-0.4, -0.2) is 14.8 Å². The third-order valence-corrected chi connectivity index (χ3v) is 5.45. The molecule has 0 aliphatic carbocycles. The van der Waals surface area contributed by atoms with E-state index in [1.54, 1.807) is 6.33 Å². The maximum atomic E-state index is 4.41. The number of halogens is 1. The summed E-state index contributed by atoms with van der Waals surface area (Å²) < 4.78 is 2.97. The normalized spacial score (nSPS) is 15.5. The van der Waals surface area contributed by atoms with Crippen molar-refractivity contribution < 1.29 is 0 Å². The molecule has 0 unspecified atom stereocenters. The Morgan fingerprint density at radius 1 is 0.786 bits per heavy atom. The van der Waals surface area contributed by atoms with Gasteiger partial charge >= 0.3 is 0 Å². The summed E-state index contributed by atoms with van der Waals surface area (Å²) >= 11 is 3.51. The van der Waals surface area contributed by atoms with Crippen molar-refractivity contribution in [3.63, 3.8) is 0 Å². The highest BCUT2D eigenvalue weighted by atomic mass is 79.9. The highest BCUT2D eigenvalue weighted by Crippen LogP contribution is 2.33. The summed E-state index contributed by atoms with van der Waals surface area (Å²) in [6, 6.07) is 27.3. The van der Waals surface area contributed by atoms with Gasteiger partial charge in [-0.1, -0.05) is 82.7 Å². The first-order valence-electron chi connectivity index (χ1n) is 9.07. The summed E-state index contributed by atoms with van der Waals surface area (Å²) in [7, 11) is 0. The molecule has 1 aliphatic heterocycles. The fourth-order valence-corrected chi connectivity index (χ4v) is 3.74. The van der Waals surface area contributed by atoms with Crippen molar-refractivity contribution in [2.24, 2.45) is 0 Å². The van der Waals surface area contributed by atoms with Gasteiger partial charge < -0.3 is 5.32 Å². The van der Waals surface area contributed by atoms with E-state index in [2.05, 4.69) is 110 Å². The molecule has 136 valence electrons. The van der Waals surface area contributed by atoms with Gasteiger partial charge in [-0.25, -0.2) is 4.68 Å². The molecule has 0 radical (unpaired) electrons. The molecule has 5 heteroatoms. The van der Waals surface area contributed by atoms with Crippen molar-refractivity contribution >= 4 is 27.6 Å². The lowest BCUT2D eigenvalue weighted by molar-refractivity contribution is 0.612. The molecule has 0 bridgehead atoms. The second kappa shape index (κ2) is 7.09. The first kappa shape index (κ1) is 17.0. The van der Waals surface area contributed by atoms with E-state index in [4.69, 9.17) is 0 Å². The van der Waals surface area contributed by atoms with Gasteiger partial charge in [0.25, 0.3) is 0 Å². The number of nitrogens with zero attached hydrogens (tertiary/aromatic N) is 3. The average Bonchev–Trinajstić information content (AvgIpc) is 3.23. The van der Waals surface area contributed by atoms with Crippen molar-refractivity contribution in [3.8, 4) is 11.1 Å². The molecular weight excluding hydrogens is 412 g/mol. The molecule has 1 aromatic heterocycles. The zero-order valence-corrected chi connectivity index (χ0v) is 16.5. The molecule has 3 aromatic carbocycles. The fraction of sp³-hybridized carbons (Fsp3) is 0.0435. The van der Waals surface area contributed by atoms with E-state index >= 15 is 0 Å². The van der Waals surface area contributed by atoms with Crippen molar-refractivity contribution in [1.82, 2.24) is 14.8 Å². The third kappa shape index (κ3) is 3.14. The minimum Gasteiger partial charge on any atom is -0.324 e. The number of nitrogens with one attached hydrogen (secondary N) is 1. The maximum Gasteiger partial charge on any atom is 0.226 e. The van der Waals surface area contributed by atoms with Crippen molar-refractivity contribution in [2.75, 3.05) is 5.32 Å². The lowest BCUT2D eigenvalue weighted by atomic mass is 9.99. The smallest absolute Gasteiger partial charge is 0.226 e. The number of aromatic nitrogens is 3. The summed E-state index contributed by atoms with van der Waals surface area (Å²) in [6.07, 6.45) is 3.78. The van der Waals surface area contributed by atoms with Gasteiger partial charge in [0.2, 0.25) is 5.95 Å². The van der Waals surface area contributed by atoms with Crippen LogP contribution in [-0.2, 0) is 0 Å². The van der Waals surface area contributed by atoms with Crippen LogP contribution in [0.2, 0.25) is 0 Å². The largest absolute Gasteiger partial charge is 0.324 e. The molecule has 0 saturated heterocycles. The number of fused-ring (bicyclic) bond motifs is 1. The van der Waals surface area contributed by atoms with Crippen LogP contribution in [0.25, 0.3) is 16.8 Å². The first-order chi connectivity index (χ1) is 13.8. The van der Waals surface area contributed by atoms with Crippen LogP contribution in [0.4, 0.5) is 5.95 Å². The zero-order chi connectivity index (χ0) is 18.9. The van der Waals surface area contributed by atoms with Gasteiger partial charge in [0, 0.05) is 10.2 Å². The van der Waals surface area contributed by atoms with Gasteiger partial charge in [0.05, 0.1) is 0 Å². The number of allylic oxidation sites excluding steroid dienone is 1. The van der Waals surface area contributed by atoms with Crippen LogP contribution < -0.4 is 5.32 Å². The van der Waals surface area contributed by atoms with Crippen LogP contribution in [0.5, 0.6) is 0 Å². The standard InChI is InChI=1S/C23H17BrN4/c24-20-12-10-19(11-13-20)22-14-21(27-23-25-15-26-28(22)23)18-8-6-17(7-9-18)16-4-2-1-3-5-16/h1-15,22H,(H,25,26,27)/t22-/m1/s1. The Bertz CT molecular complexity index is 1130.